The van der Waals surface area contributed by atoms with Gasteiger partial charge in [0.05, 0.1) is 25.8 Å². The molecule has 10 heteroatoms. The van der Waals surface area contributed by atoms with Crippen molar-refractivity contribution < 1.29 is 27.9 Å². The molecule has 2 aliphatic heterocycles. The lowest BCUT2D eigenvalue weighted by molar-refractivity contribution is -0.116. The smallest absolute Gasteiger partial charge is 0.260 e. The Labute approximate surface area is 168 Å². The normalized spacial score (nSPS) is 16.1. The number of halogens is 2. The fraction of sp³-hybridized carbons (Fsp3) is 0.316. The van der Waals surface area contributed by atoms with Crippen LogP contribution >= 0.6 is 11.3 Å². The molecule has 0 spiro atoms. The topological polar surface area (TPSA) is 79.0 Å². The van der Waals surface area contributed by atoms with Crippen LogP contribution < -0.4 is 10.1 Å². The molecule has 2 aliphatic rings. The number of amides is 3. The summed E-state index contributed by atoms with van der Waals surface area (Å²) in [5, 5.41) is 3.18. The summed E-state index contributed by atoms with van der Waals surface area (Å²) in [6.07, 6.45) is 0.349. The van der Waals surface area contributed by atoms with Crippen LogP contribution in [0, 0.1) is 11.6 Å². The average molecular weight is 421 g/mol. The molecule has 4 rings (SSSR count). The minimum absolute atomic E-state index is 0.0159. The Morgan fingerprint density at radius 1 is 1.21 bits per heavy atom. The third-order valence-corrected chi connectivity index (χ3v) is 6.14. The molecule has 0 saturated heterocycles. The highest BCUT2D eigenvalue weighted by molar-refractivity contribution is 7.17. The molecule has 0 radical (unpaired) electrons. The summed E-state index contributed by atoms with van der Waals surface area (Å²) < 4.78 is 33.4. The first-order valence-electron chi connectivity index (χ1n) is 8.82. The number of anilines is 1. The molecule has 1 N–H and O–H groups in total. The van der Waals surface area contributed by atoms with Crippen molar-refractivity contribution in [2.75, 3.05) is 32.6 Å². The molecule has 0 bridgehead atoms. The maximum absolute atomic E-state index is 14.3. The minimum Gasteiger partial charge on any atom is -0.497 e. The van der Waals surface area contributed by atoms with E-state index in [-0.39, 0.29) is 37.2 Å². The van der Waals surface area contributed by atoms with E-state index in [9.17, 15) is 23.2 Å². The Hall–Kier alpha value is -3.01. The van der Waals surface area contributed by atoms with Gasteiger partial charge in [-0.15, -0.1) is 11.3 Å². The zero-order valence-electron chi connectivity index (χ0n) is 15.7. The molecule has 0 atom stereocenters. The fourth-order valence-corrected chi connectivity index (χ4v) is 4.84. The molecule has 1 aromatic heterocycles. The highest BCUT2D eigenvalue weighted by Gasteiger charge is 2.35. The number of nitrogens with zero attached hydrogens (tertiary/aromatic N) is 2. The number of thiophene rings is 1. The Bertz CT molecular complexity index is 1030. The first-order chi connectivity index (χ1) is 13.8. The maximum atomic E-state index is 14.3. The van der Waals surface area contributed by atoms with Crippen molar-refractivity contribution in [3.8, 4) is 5.75 Å². The van der Waals surface area contributed by atoms with E-state index in [0.29, 0.717) is 21.9 Å². The summed E-state index contributed by atoms with van der Waals surface area (Å²) >= 11 is 1.21. The van der Waals surface area contributed by atoms with Gasteiger partial charge in [0.25, 0.3) is 11.8 Å². The van der Waals surface area contributed by atoms with E-state index >= 15 is 0 Å². The molecular weight excluding hydrogens is 404 g/mol. The first kappa shape index (κ1) is 19.3. The molecule has 0 aliphatic carbocycles. The minimum atomic E-state index is -0.997. The third kappa shape index (κ3) is 3.23. The van der Waals surface area contributed by atoms with Gasteiger partial charge in [0.15, 0.2) is 0 Å². The molecule has 3 amide bonds. The Morgan fingerprint density at radius 2 is 1.90 bits per heavy atom. The Balaban J connectivity index is 1.65. The van der Waals surface area contributed by atoms with E-state index in [1.807, 2.05) is 0 Å². The molecule has 7 nitrogen and oxygen atoms in total. The van der Waals surface area contributed by atoms with Crippen LogP contribution in [0.15, 0.2) is 12.1 Å². The lowest BCUT2D eigenvalue weighted by atomic mass is 10.0. The van der Waals surface area contributed by atoms with Crippen LogP contribution in [-0.4, -0.2) is 54.8 Å². The Morgan fingerprint density at radius 3 is 2.55 bits per heavy atom. The largest absolute Gasteiger partial charge is 0.497 e. The number of likely N-dealkylation sites (N-methyl/N-ethyl adjacent to an activating group) is 1. The van der Waals surface area contributed by atoms with E-state index < -0.39 is 23.1 Å². The van der Waals surface area contributed by atoms with E-state index in [1.165, 1.54) is 28.2 Å². The quantitative estimate of drug-likeness (QED) is 0.807. The van der Waals surface area contributed by atoms with Crippen LogP contribution in [0.4, 0.5) is 13.8 Å². The van der Waals surface area contributed by atoms with Crippen molar-refractivity contribution in [1.82, 2.24) is 9.80 Å². The van der Waals surface area contributed by atoms with Gasteiger partial charge < -0.3 is 19.9 Å². The number of fused-ring (bicyclic) bond motifs is 3. The van der Waals surface area contributed by atoms with Crippen molar-refractivity contribution >= 4 is 34.1 Å². The Kier molecular flexibility index (Phi) is 4.73. The number of rotatable bonds is 2. The second-order valence-corrected chi connectivity index (χ2v) is 7.97. The van der Waals surface area contributed by atoms with Gasteiger partial charge in [-0.25, -0.2) is 8.78 Å². The van der Waals surface area contributed by atoms with Crippen molar-refractivity contribution in [1.29, 1.82) is 0 Å². The van der Waals surface area contributed by atoms with Crippen molar-refractivity contribution in [2.45, 2.75) is 13.0 Å². The highest BCUT2D eigenvalue weighted by Crippen LogP contribution is 2.39. The van der Waals surface area contributed by atoms with Gasteiger partial charge in [-0.2, -0.15) is 0 Å². The lowest BCUT2D eigenvalue weighted by Gasteiger charge is -2.28. The molecule has 0 saturated carbocycles. The molecule has 0 unspecified atom stereocenters. The fourth-order valence-electron chi connectivity index (χ4n) is 3.57. The summed E-state index contributed by atoms with van der Waals surface area (Å²) in [6, 6.07) is 1.92. The van der Waals surface area contributed by atoms with Gasteiger partial charge in [0.1, 0.15) is 27.9 Å². The zero-order chi connectivity index (χ0) is 20.9. The molecule has 1 aromatic carbocycles. The van der Waals surface area contributed by atoms with E-state index in [0.717, 1.165) is 17.7 Å². The highest BCUT2D eigenvalue weighted by atomic mass is 32.1. The maximum Gasteiger partial charge on any atom is 0.260 e. The summed E-state index contributed by atoms with van der Waals surface area (Å²) in [5.41, 5.74) is 0.563. The summed E-state index contributed by atoms with van der Waals surface area (Å²) in [5.74, 6) is -3.34. The number of carbonyl (C=O) groups is 3. The van der Waals surface area contributed by atoms with E-state index in [2.05, 4.69) is 5.32 Å². The molecule has 3 heterocycles. The van der Waals surface area contributed by atoms with Crippen LogP contribution in [0.25, 0.3) is 0 Å². The third-order valence-electron chi connectivity index (χ3n) is 5.00. The summed E-state index contributed by atoms with van der Waals surface area (Å²) in [4.78, 5) is 40.8. The number of benzene rings is 1. The SMILES string of the molecule is COc1cc(F)c(C(=O)N2CCc3c(sc4c3C(=O)N(C)CC(=O)N4)C2)c(F)c1. The van der Waals surface area contributed by atoms with Crippen LogP contribution in [-0.2, 0) is 17.8 Å². The van der Waals surface area contributed by atoms with Crippen LogP contribution in [0.5, 0.6) is 5.75 Å². The van der Waals surface area contributed by atoms with Crippen LogP contribution in [0.3, 0.4) is 0 Å². The van der Waals surface area contributed by atoms with E-state index in [4.69, 9.17) is 4.74 Å². The predicted octanol–water partition coefficient (Wildman–Crippen LogP) is 2.26. The standard InChI is InChI=1S/C19H17F2N3O4S/c1-23-8-14(25)22-17-15(18(23)26)10-3-4-24(7-13(10)29-17)19(27)16-11(20)5-9(28-2)6-12(16)21/h5-6H,3-4,7-8H2,1-2H3,(H,22,25). The molecule has 2 aromatic rings. The molecule has 152 valence electrons. The monoisotopic (exact) mass is 421 g/mol. The number of methoxy groups -OCH3 is 1. The van der Waals surface area contributed by atoms with Gasteiger partial charge in [-0.1, -0.05) is 0 Å². The number of nitrogens with one attached hydrogen (secondary N) is 1. The zero-order valence-corrected chi connectivity index (χ0v) is 16.5. The number of hydrogen-bond acceptors (Lipinski definition) is 5. The van der Waals surface area contributed by atoms with Gasteiger partial charge in [-0.3, -0.25) is 14.4 Å². The van der Waals surface area contributed by atoms with Crippen molar-refractivity contribution in [3.63, 3.8) is 0 Å². The molecule has 29 heavy (non-hydrogen) atoms. The van der Waals surface area contributed by atoms with Crippen molar-refractivity contribution in [3.05, 3.63) is 45.3 Å². The number of carbonyl (C=O) groups excluding carboxylic acids is 3. The summed E-state index contributed by atoms with van der Waals surface area (Å²) in [7, 11) is 2.83. The van der Waals surface area contributed by atoms with Gasteiger partial charge in [0.2, 0.25) is 5.91 Å². The lowest BCUT2D eigenvalue weighted by Crippen LogP contribution is -2.37. The second kappa shape index (κ2) is 7.11. The van der Waals surface area contributed by atoms with E-state index in [1.54, 1.807) is 7.05 Å². The second-order valence-electron chi connectivity index (χ2n) is 6.86. The van der Waals surface area contributed by atoms with Crippen LogP contribution in [0.2, 0.25) is 0 Å². The summed E-state index contributed by atoms with van der Waals surface area (Å²) in [6.45, 7) is 0.268. The van der Waals surface area contributed by atoms with Crippen LogP contribution in [0.1, 0.15) is 31.2 Å². The van der Waals surface area contributed by atoms with Gasteiger partial charge in [-0.05, 0) is 12.0 Å². The molecular formula is C19H17F2N3O4S. The first-order valence-corrected chi connectivity index (χ1v) is 9.64. The predicted molar refractivity (Wildman–Crippen MR) is 101 cm³/mol. The number of hydrogen-bond donors (Lipinski definition) is 1. The molecule has 0 fully saturated rings. The number of ether oxygens (including phenoxy) is 1. The van der Waals surface area contributed by atoms with Crippen molar-refractivity contribution in [2.24, 2.45) is 0 Å². The average Bonchev–Trinajstić information content (AvgIpc) is 2.97. The van der Waals surface area contributed by atoms with Gasteiger partial charge >= 0.3 is 0 Å². The van der Waals surface area contributed by atoms with Gasteiger partial charge in [0, 0.05) is 30.6 Å².